The van der Waals surface area contributed by atoms with Crippen LogP contribution in [0.5, 0.6) is 0 Å². The van der Waals surface area contributed by atoms with Crippen molar-refractivity contribution in [2.45, 2.75) is 27.7 Å². The van der Waals surface area contributed by atoms with Gasteiger partial charge in [-0.3, -0.25) is 0 Å². The van der Waals surface area contributed by atoms with Crippen molar-refractivity contribution < 1.29 is 17.5 Å². The summed E-state index contributed by atoms with van der Waals surface area (Å²) in [6.07, 6.45) is 1.81. The van der Waals surface area contributed by atoms with E-state index in [9.17, 15) is 0 Å². The molecule has 0 radical (unpaired) electrons. The van der Waals surface area contributed by atoms with Crippen LogP contribution in [-0.2, 0) is 0 Å². The van der Waals surface area contributed by atoms with Gasteiger partial charge >= 0.3 is 6.97 Å². The first kappa shape index (κ1) is 17.0. The highest BCUT2D eigenvalue weighted by Gasteiger charge is 2.55. The van der Waals surface area contributed by atoms with Crippen molar-refractivity contribution in [3.63, 3.8) is 0 Å². The van der Waals surface area contributed by atoms with E-state index < -0.39 is 6.97 Å². The maximum Gasteiger partial charge on any atom is 0.737 e. The molecule has 2 aliphatic heterocycles. The number of aromatic nitrogens is 1. The molecule has 0 atom stereocenters. The maximum atomic E-state index is 15.5. The molecular formula is C17H15BBr2F2N2O. The number of nitrogens with zero attached hydrogens (tertiary/aromatic N) is 2. The Morgan fingerprint density at radius 2 is 1.80 bits per heavy atom. The first-order valence-electron chi connectivity index (χ1n) is 7.87. The van der Waals surface area contributed by atoms with Gasteiger partial charge in [0, 0.05) is 35.9 Å². The van der Waals surface area contributed by atoms with Gasteiger partial charge in [-0.15, -0.1) is 0 Å². The van der Waals surface area contributed by atoms with E-state index in [1.807, 2.05) is 32.1 Å². The summed E-state index contributed by atoms with van der Waals surface area (Å²) in [7, 11) is 0. The van der Waals surface area contributed by atoms with Gasteiger partial charge in [-0.25, -0.2) is 0 Å². The number of fused-ring (bicyclic) bond motifs is 2. The maximum absolute atomic E-state index is 15.5. The summed E-state index contributed by atoms with van der Waals surface area (Å²) < 4.78 is 39.9. The number of hydrogen-bond donors (Lipinski definition) is 0. The van der Waals surface area contributed by atoms with Gasteiger partial charge in [0.25, 0.3) is 0 Å². The predicted molar refractivity (Wildman–Crippen MR) is 102 cm³/mol. The highest BCUT2D eigenvalue weighted by Crippen LogP contribution is 2.46. The molecule has 3 nitrogen and oxygen atoms in total. The molecule has 0 fully saturated rings. The summed E-state index contributed by atoms with van der Waals surface area (Å²) in [5, 5.41) is 0. The van der Waals surface area contributed by atoms with Gasteiger partial charge in [0.1, 0.15) is 5.71 Å². The minimum atomic E-state index is -3.95. The molecule has 130 valence electrons. The molecule has 4 heterocycles. The standard InChI is InChI=1S/C17H15BBr2F2N2O/c1-8-5-10(3)23-15(8)14(12-7-13(19)25-17(12)20)16-9(2)6-11(4)24(16)18(23,21)22/h5-7H,1-4H3. The molecule has 25 heavy (non-hydrogen) atoms. The van der Waals surface area contributed by atoms with E-state index in [0.29, 0.717) is 32.1 Å². The lowest BCUT2D eigenvalue weighted by molar-refractivity contribution is -0.363. The van der Waals surface area contributed by atoms with Crippen molar-refractivity contribution in [2.24, 2.45) is 0 Å². The van der Waals surface area contributed by atoms with Crippen LogP contribution in [-0.4, -0.2) is 21.6 Å². The zero-order valence-corrected chi connectivity index (χ0v) is 17.3. The summed E-state index contributed by atoms with van der Waals surface area (Å²) >= 11 is 6.76. The van der Waals surface area contributed by atoms with E-state index in [2.05, 4.69) is 31.9 Å². The fourth-order valence-electron chi connectivity index (χ4n) is 4.06. The lowest BCUT2D eigenvalue weighted by Crippen LogP contribution is -2.51. The van der Waals surface area contributed by atoms with Gasteiger partial charge < -0.3 is 22.0 Å². The molecule has 8 heteroatoms. The van der Waals surface area contributed by atoms with E-state index >= 15 is 8.63 Å². The Morgan fingerprint density at radius 1 is 1.12 bits per heavy atom. The highest BCUT2D eigenvalue weighted by molar-refractivity contribution is 9.11. The molecule has 2 aromatic heterocycles. The second-order valence-electron chi connectivity index (χ2n) is 6.58. The van der Waals surface area contributed by atoms with Crippen LogP contribution in [0.25, 0.3) is 5.57 Å². The molecule has 0 saturated carbocycles. The number of allylic oxidation sites excluding steroid dienone is 2. The molecule has 0 saturated heterocycles. The van der Waals surface area contributed by atoms with E-state index in [1.54, 1.807) is 13.8 Å². The number of hydrogen-bond acceptors (Lipinski definition) is 1. The van der Waals surface area contributed by atoms with Crippen LogP contribution < -0.4 is 0 Å². The molecule has 0 N–H and O–H groups in total. The van der Waals surface area contributed by atoms with Gasteiger partial charge in [0.2, 0.25) is 0 Å². The molecular weight excluding hydrogens is 457 g/mol. The Balaban J connectivity index is 2.21. The van der Waals surface area contributed by atoms with Crippen molar-refractivity contribution in [3.05, 3.63) is 61.3 Å². The Labute approximate surface area is 161 Å². The summed E-state index contributed by atoms with van der Waals surface area (Å²) in [5.74, 6) is 0. The SMILES string of the molecule is CC1=CC(C)=[N+]2C1=C(c1cc(Br)oc1Br)c1c(C)cc(C)n1[B-]2(F)F. The number of furan rings is 1. The zero-order chi connectivity index (χ0) is 18.3. The molecule has 2 aliphatic rings. The molecule has 4 rings (SSSR count). The fourth-order valence-corrected chi connectivity index (χ4v) is 5.16. The van der Waals surface area contributed by atoms with Crippen LogP contribution in [0.1, 0.15) is 36.4 Å². The van der Waals surface area contributed by atoms with Crippen molar-refractivity contribution in [1.29, 1.82) is 0 Å². The molecule has 2 aromatic rings. The monoisotopic (exact) mass is 470 g/mol. The molecule has 0 spiro atoms. The summed E-state index contributed by atoms with van der Waals surface area (Å²) in [4.78, 5) is 0. The average molecular weight is 472 g/mol. The third kappa shape index (κ3) is 2.16. The van der Waals surface area contributed by atoms with Crippen molar-refractivity contribution in [1.82, 2.24) is 4.48 Å². The van der Waals surface area contributed by atoms with Crippen LogP contribution in [0.15, 0.2) is 43.2 Å². The Morgan fingerprint density at radius 3 is 2.40 bits per heavy atom. The van der Waals surface area contributed by atoms with Crippen LogP contribution >= 0.6 is 31.9 Å². The molecule has 0 aliphatic carbocycles. The minimum absolute atomic E-state index is 0.515. The van der Waals surface area contributed by atoms with E-state index in [4.69, 9.17) is 4.42 Å². The highest BCUT2D eigenvalue weighted by atomic mass is 79.9. The number of rotatable bonds is 1. The van der Waals surface area contributed by atoms with Crippen molar-refractivity contribution in [2.75, 3.05) is 0 Å². The summed E-state index contributed by atoms with van der Waals surface area (Å²) in [5.41, 5.74) is 5.34. The normalized spacial score (nSPS) is 18.6. The lowest BCUT2D eigenvalue weighted by atomic mass is 9.84. The van der Waals surface area contributed by atoms with Gasteiger partial charge in [-0.05, 0) is 70.0 Å². The smallest absolute Gasteiger partial charge is 0.442 e. The Hall–Kier alpha value is -1.41. The van der Waals surface area contributed by atoms with Crippen LogP contribution in [0.2, 0.25) is 0 Å². The largest absolute Gasteiger partial charge is 0.737 e. The summed E-state index contributed by atoms with van der Waals surface area (Å²) in [6, 6.07) is 3.62. The first-order chi connectivity index (χ1) is 11.6. The van der Waals surface area contributed by atoms with Crippen LogP contribution in [0.4, 0.5) is 8.63 Å². The third-order valence-electron chi connectivity index (χ3n) is 4.86. The first-order valence-corrected chi connectivity index (χ1v) is 9.45. The Bertz CT molecular complexity index is 1040. The van der Waals surface area contributed by atoms with E-state index in [0.717, 1.165) is 22.3 Å². The Kier molecular flexibility index (Phi) is 3.61. The lowest BCUT2D eigenvalue weighted by Gasteiger charge is -2.33. The van der Waals surface area contributed by atoms with E-state index in [1.165, 1.54) is 8.96 Å². The van der Waals surface area contributed by atoms with Gasteiger partial charge in [0.05, 0.1) is 5.57 Å². The van der Waals surface area contributed by atoms with Crippen LogP contribution in [0, 0.1) is 13.8 Å². The summed E-state index contributed by atoms with van der Waals surface area (Å²) in [6.45, 7) is 3.23. The second-order valence-corrected chi connectivity index (χ2v) is 8.08. The fraction of sp³-hybridized carbons (Fsp3) is 0.235. The number of halogens is 4. The van der Waals surface area contributed by atoms with Gasteiger partial charge in [-0.1, -0.05) is 0 Å². The average Bonchev–Trinajstić information content (AvgIpc) is 3.07. The zero-order valence-electron chi connectivity index (χ0n) is 14.1. The molecule has 0 amide bonds. The third-order valence-corrected chi connectivity index (χ3v) is 5.84. The van der Waals surface area contributed by atoms with Crippen LogP contribution in [0.3, 0.4) is 0 Å². The van der Waals surface area contributed by atoms with Gasteiger partial charge in [0.15, 0.2) is 15.0 Å². The molecule has 0 aromatic carbocycles. The quantitative estimate of drug-likeness (QED) is 0.492. The second kappa shape index (κ2) is 5.30. The molecule has 0 unspecified atom stereocenters. The van der Waals surface area contributed by atoms with Crippen molar-refractivity contribution >= 4 is 50.1 Å². The molecule has 0 bridgehead atoms. The topological polar surface area (TPSA) is 21.1 Å². The number of aryl methyl sites for hydroxylation is 2. The van der Waals surface area contributed by atoms with E-state index in [-0.39, 0.29) is 0 Å². The van der Waals surface area contributed by atoms with Gasteiger partial charge in [-0.2, -0.15) is 0 Å². The predicted octanol–water partition coefficient (Wildman–Crippen LogP) is 5.65. The van der Waals surface area contributed by atoms with Crippen molar-refractivity contribution in [3.8, 4) is 0 Å². The minimum Gasteiger partial charge on any atom is -0.442 e.